The van der Waals surface area contributed by atoms with E-state index in [2.05, 4.69) is 25.7 Å². The number of Topliss-reactive ketones (excluding diaryl/α,β-unsaturated/α-hetero) is 1. The largest absolute Gasteiger partial charge is 0.302 e. The zero-order chi connectivity index (χ0) is 10.6. The summed E-state index contributed by atoms with van der Waals surface area (Å²) in [4.78, 5) is 14.0. The molecule has 1 aliphatic heterocycles. The summed E-state index contributed by atoms with van der Waals surface area (Å²) in [7, 11) is 0. The zero-order valence-corrected chi connectivity index (χ0v) is 9.81. The van der Waals surface area contributed by atoms with Crippen molar-refractivity contribution >= 4 is 5.78 Å². The van der Waals surface area contributed by atoms with Gasteiger partial charge in [0.2, 0.25) is 0 Å². The molecule has 0 saturated carbocycles. The fraction of sp³-hybridized carbons (Fsp3) is 0.917. The molecule has 1 aliphatic rings. The lowest BCUT2D eigenvalue weighted by molar-refractivity contribution is -0.131. The van der Waals surface area contributed by atoms with Crippen LogP contribution in [0.25, 0.3) is 0 Å². The first-order chi connectivity index (χ1) is 6.56. The molecule has 0 bridgehead atoms. The van der Waals surface area contributed by atoms with E-state index in [1.807, 2.05) is 0 Å². The maximum atomic E-state index is 11.6. The van der Waals surface area contributed by atoms with Gasteiger partial charge in [-0.15, -0.1) is 0 Å². The van der Waals surface area contributed by atoms with Gasteiger partial charge in [-0.05, 0) is 13.0 Å². The third-order valence-electron chi connectivity index (χ3n) is 3.11. The van der Waals surface area contributed by atoms with Gasteiger partial charge in [0.05, 0.1) is 0 Å². The Morgan fingerprint density at radius 3 is 2.64 bits per heavy atom. The van der Waals surface area contributed by atoms with Gasteiger partial charge in [-0.25, -0.2) is 0 Å². The average Bonchev–Trinajstić information content (AvgIpc) is 2.11. The number of carbonyl (C=O) groups excluding carboxylic acids is 1. The smallest absolute Gasteiger partial charge is 0.141 e. The molecule has 0 spiro atoms. The summed E-state index contributed by atoms with van der Waals surface area (Å²) < 4.78 is 0. The minimum absolute atomic E-state index is 0.107. The first-order valence-corrected chi connectivity index (χ1v) is 5.82. The van der Waals surface area contributed by atoms with Crippen molar-refractivity contribution in [2.24, 2.45) is 5.41 Å². The second-order valence-corrected chi connectivity index (χ2v) is 5.04. The second kappa shape index (κ2) is 4.92. The number of hydrogen-bond acceptors (Lipinski definition) is 2. The van der Waals surface area contributed by atoms with Crippen LogP contribution in [0, 0.1) is 5.41 Å². The molecule has 0 radical (unpaired) electrons. The number of likely N-dealkylation sites (tertiary alicyclic amines) is 1. The lowest BCUT2D eigenvalue weighted by Crippen LogP contribution is -2.46. The van der Waals surface area contributed by atoms with E-state index in [1.54, 1.807) is 0 Å². The first-order valence-electron chi connectivity index (χ1n) is 5.82. The number of nitrogens with zero attached hydrogens (tertiary/aromatic N) is 1. The van der Waals surface area contributed by atoms with Crippen molar-refractivity contribution in [1.29, 1.82) is 0 Å². The van der Waals surface area contributed by atoms with Gasteiger partial charge >= 0.3 is 0 Å². The zero-order valence-electron chi connectivity index (χ0n) is 9.81. The van der Waals surface area contributed by atoms with E-state index in [0.29, 0.717) is 5.78 Å². The maximum Gasteiger partial charge on any atom is 0.141 e. The van der Waals surface area contributed by atoms with Crippen LogP contribution < -0.4 is 0 Å². The molecule has 14 heavy (non-hydrogen) atoms. The molecule has 0 amide bonds. The third-order valence-corrected chi connectivity index (χ3v) is 3.11. The predicted molar refractivity (Wildman–Crippen MR) is 59.4 cm³/mol. The second-order valence-electron chi connectivity index (χ2n) is 5.04. The Hall–Kier alpha value is -0.370. The minimum atomic E-state index is -0.107. The molecule has 0 N–H and O–H groups in total. The van der Waals surface area contributed by atoms with E-state index in [4.69, 9.17) is 0 Å². The van der Waals surface area contributed by atoms with Crippen LogP contribution in [0.5, 0.6) is 0 Å². The van der Waals surface area contributed by atoms with Crippen molar-refractivity contribution in [3.8, 4) is 0 Å². The molecule has 0 atom stereocenters. The van der Waals surface area contributed by atoms with E-state index in [9.17, 15) is 4.79 Å². The standard InChI is InChI=1S/C12H23NO/c1-4-5-6-8-13-9-7-11(14)12(2,3)10-13/h4-10H2,1-3H3. The van der Waals surface area contributed by atoms with Crippen molar-refractivity contribution < 1.29 is 4.79 Å². The summed E-state index contributed by atoms with van der Waals surface area (Å²) in [6, 6.07) is 0. The minimum Gasteiger partial charge on any atom is -0.302 e. The number of ketones is 1. The summed E-state index contributed by atoms with van der Waals surface area (Å²) in [6.07, 6.45) is 4.61. The van der Waals surface area contributed by atoms with Gasteiger partial charge in [-0.1, -0.05) is 33.6 Å². The van der Waals surface area contributed by atoms with Crippen molar-refractivity contribution in [1.82, 2.24) is 4.90 Å². The number of unbranched alkanes of at least 4 members (excludes halogenated alkanes) is 2. The monoisotopic (exact) mass is 197 g/mol. The van der Waals surface area contributed by atoms with Crippen LogP contribution in [0.1, 0.15) is 46.5 Å². The molecule has 0 aliphatic carbocycles. The van der Waals surface area contributed by atoms with Crippen molar-refractivity contribution in [2.75, 3.05) is 19.6 Å². The molecule has 82 valence electrons. The fourth-order valence-corrected chi connectivity index (χ4v) is 2.10. The Bertz CT molecular complexity index is 198. The lowest BCUT2D eigenvalue weighted by atomic mass is 9.83. The highest BCUT2D eigenvalue weighted by atomic mass is 16.1. The number of carbonyl (C=O) groups is 1. The van der Waals surface area contributed by atoms with Crippen LogP contribution in [-0.4, -0.2) is 30.3 Å². The molecular weight excluding hydrogens is 174 g/mol. The van der Waals surface area contributed by atoms with E-state index in [-0.39, 0.29) is 5.41 Å². The van der Waals surface area contributed by atoms with E-state index < -0.39 is 0 Å². The molecule has 1 rings (SSSR count). The van der Waals surface area contributed by atoms with Crippen LogP contribution in [0.4, 0.5) is 0 Å². The van der Waals surface area contributed by atoms with E-state index >= 15 is 0 Å². The summed E-state index contributed by atoms with van der Waals surface area (Å²) in [6.45, 7) is 9.47. The molecule has 1 saturated heterocycles. The van der Waals surface area contributed by atoms with Crippen molar-refractivity contribution in [3.63, 3.8) is 0 Å². The van der Waals surface area contributed by atoms with Gasteiger partial charge in [0, 0.05) is 24.9 Å². The topological polar surface area (TPSA) is 20.3 Å². The predicted octanol–water partition coefficient (Wildman–Crippen LogP) is 2.48. The van der Waals surface area contributed by atoms with E-state index in [0.717, 1.165) is 19.5 Å². The van der Waals surface area contributed by atoms with Gasteiger partial charge in [0.15, 0.2) is 0 Å². The highest BCUT2D eigenvalue weighted by Crippen LogP contribution is 2.25. The Balaban J connectivity index is 2.32. The van der Waals surface area contributed by atoms with Crippen molar-refractivity contribution in [3.05, 3.63) is 0 Å². The SMILES string of the molecule is CCCCCN1CCC(=O)C(C)(C)C1. The number of rotatable bonds is 4. The molecule has 0 unspecified atom stereocenters. The molecule has 2 nitrogen and oxygen atoms in total. The highest BCUT2D eigenvalue weighted by Gasteiger charge is 2.33. The van der Waals surface area contributed by atoms with Gasteiger partial charge < -0.3 is 4.90 Å². The number of piperidine rings is 1. The van der Waals surface area contributed by atoms with Crippen LogP contribution >= 0.6 is 0 Å². The third kappa shape index (κ3) is 3.09. The van der Waals surface area contributed by atoms with Crippen LogP contribution in [-0.2, 0) is 4.79 Å². The fourth-order valence-electron chi connectivity index (χ4n) is 2.10. The maximum absolute atomic E-state index is 11.6. The Morgan fingerprint density at radius 2 is 2.07 bits per heavy atom. The van der Waals surface area contributed by atoms with Crippen LogP contribution in [0.15, 0.2) is 0 Å². The summed E-state index contributed by atoms with van der Waals surface area (Å²) in [5.74, 6) is 0.434. The Morgan fingerprint density at radius 1 is 1.36 bits per heavy atom. The first kappa shape index (κ1) is 11.7. The molecular formula is C12H23NO. The van der Waals surface area contributed by atoms with Crippen LogP contribution in [0.2, 0.25) is 0 Å². The summed E-state index contributed by atoms with van der Waals surface area (Å²) in [5.41, 5.74) is -0.107. The summed E-state index contributed by atoms with van der Waals surface area (Å²) in [5, 5.41) is 0. The normalized spacial score (nSPS) is 22.6. The summed E-state index contributed by atoms with van der Waals surface area (Å²) >= 11 is 0. The van der Waals surface area contributed by atoms with E-state index in [1.165, 1.54) is 25.8 Å². The van der Waals surface area contributed by atoms with Gasteiger partial charge in [-0.3, -0.25) is 4.79 Å². The van der Waals surface area contributed by atoms with Gasteiger partial charge in [0.25, 0.3) is 0 Å². The molecule has 1 fully saturated rings. The molecule has 0 aromatic heterocycles. The van der Waals surface area contributed by atoms with Crippen molar-refractivity contribution in [2.45, 2.75) is 46.5 Å². The Kier molecular flexibility index (Phi) is 4.11. The number of hydrogen-bond donors (Lipinski definition) is 0. The molecule has 2 heteroatoms. The Labute approximate surface area is 87.7 Å². The molecule has 0 aromatic carbocycles. The van der Waals surface area contributed by atoms with Gasteiger partial charge in [0.1, 0.15) is 5.78 Å². The lowest BCUT2D eigenvalue weighted by Gasteiger charge is -2.36. The molecule has 1 heterocycles. The molecule has 0 aromatic rings. The van der Waals surface area contributed by atoms with Crippen LogP contribution in [0.3, 0.4) is 0 Å². The highest BCUT2D eigenvalue weighted by molar-refractivity contribution is 5.85. The van der Waals surface area contributed by atoms with Gasteiger partial charge in [-0.2, -0.15) is 0 Å². The quantitative estimate of drug-likeness (QED) is 0.645. The average molecular weight is 197 g/mol.